The van der Waals surface area contributed by atoms with E-state index in [0.717, 1.165) is 11.3 Å². The smallest absolute Gasteiger partial charge is 0.273 e. The lowest BCUT2D eigenvalue weighted by molar-refractivity contribution is -0.385. The number of thioether (sulfide) groups is 1. The van der Waals surface area contributed by atoms with E-state index >= 15 is 0 Å². The first-order valence-corrected chi connectivity index (χ1v) is 10.1. The highest BCUT2D eigenvalue weighted by molar-refractivity contribution is 7.98. The first-order chi connectivity index (χ1) is 14.7. The number of benzene rings is 2. The molecule has 2 aromatic carbocycles. The molecule has 4 aromatic rings. The summed E-state index contributed by atoms with van der Waals surface area (Å²) < 4.78 is 12.8. The minimum Gasteiger partial charge on any atom is -0.497 e. The van der Waals surface area contributed by atoms with Crippen molar-refractivity contribution in [1.82, 2.24) is 14.8 Å². The van der Waals surface area contributed by atoms with Crippen LogP contribution in [0, 0.1) is 10.1 Å². The molecule has 2 aromatic heterocycles. The highest BCUT2D eigenvalue weighted by Crippen LogP contribution is 2.31. The molecule has 0 radical (unpaired) electrons. The van der Waals surface area contributed by atoms with E-state index in [2.05, 4.69) is 10.2 Å². The van der Waals surface area contributed by atoms with Crippen LogP contribution in [0.1, 0.15) is 11.3 Å². The maximum absolute atomic E-state index is 11.3. The van der Waals surface area contributed by atoms with Gasteiger partial charge in [-0.25, -0.2) is 0 Å². The zero-order chi connectivity index (χ0) is 20.9. The zero-order valence-corrected chi connectivity index (χ0v) is 16.9. The van der Waals surface area contributed by atoms with Crippen molar-refractivity contribution in [1.29, 1.82) is 0 Å². The minimum absolute atomic E-state index is 0.0927. The number of hydrogen-bond acceptors (Lipinski definition) is 7. The molecule has 0 atom stereocenters. The molecule has 0 saturated heterocycles. The summed E-state index contributed by atoms with van der Waals surface area (Å²) in [4.78, 5) is 10.9. The maximum atomic E-state index is 11.3. The Hall–Kier alpha value is -3.59. The van der Waals surface area contributed by atoms with Gasteiger partial charge in [-0.3, -0.25) is 14.7 Å². The second kappa shape index (κ2) is 8.83. The molecule has 0 aliphatic heterocycles. The number of nitro groups is 1. The van der Waals surface area contributed by atoms with Crippen molar-refractivity contribution in [2.75, 3.05) is 7.11 Å². The lowest BCUT2D eigenvalue weighted by Gasteiger charge is -2.10. The number of nitrogens with zero attached hydrogens (tertiary/aromatic N) is 4. The molecule has 0 unspecified atom stereocenters. The molecule has 0 fully saturated rings. The van der Waals surface area contributed by atoms with E-state index in [1.807, 2.05) is 41.0 Å². The fraction of sp³-hybridized carbons (Fsp3) is 0.143. The van der Waals surface area contributed by atoms with Crippen LogP contribution in [0.25, 0.3) is 11.4 Å². The van der Waals surface area contributed by atoms with Gasteiger partial charge in [-0.2, -0.15) is 0 Å². The van der Waals surface area contributed by atoms with E-state index in [-0.39, 0.29) is 10.6 Å². The molecule has 2 heterocycles. The van der Waals surface area contributed by atoms with E-state index in [0.29, 0.717) is 34.6 Å². The van der Waals surface area contributed by atoms with Crippen molar-refractivity contribution in [3.8, 4) is 17.1 Å². The number of para-hydroxylation sites is 1. The number of furan rings is 1. The van der Waals surface area contributed by atoms with Gasteiger partial charge in [-0.1, -0.05) is 42.1 Å². The van der Waals surface area contributed by atoms with Crippen LogP contribution in [-0.4, -0.2) is 26.8 Å². The minimum atomic E-state index is -0.370. The SMILES string of the molecule is COc1cccc(-c2nnc(SCc3ccccc3[N+](=O)[O-])n2Cc2ccco2)c1. The van der Waals surface area contributed by atoms with Crippen LogP contribution in [0.5, 0.6) is 5.75 Å². The summed E-state index contributed by atoms with van der Waals surface area (Å²) in [5.74, 6) is 2.53. The Morgan fingerprint density at radius 2 is 2.00 bits per heavy atom. The highest BCUT2D eigenvalue weighted by Gasteiger charge is 2.18. The molecule has 0 N–H and O–H groups in total. The highest BCUT2D eigenvalue weighted by atomic mass is 32.2. The van der Waals surface area contributed by atoms with E-state index in [9.17, 15) is 10.1 Å². The maximum Gasteiger partial charge on any atom is 0.273 e. The fourth-order valence-electron chi connectivity index (χ4n) is 3.03. The third kappa shape index (κ3) is 4.20. The summed E-state index contributed by atoms with van der Waals surface area (Å²) in [7, 11) is 1.61. The molecule has 0 spiro atoms. The number of hydrogen-bond donors (Lipinski definition) is 0. The molecule has 0 aliphatic rings. The normalized spacial score (nSPS) is 10.8. The Labute approximate surface area is 176 Å². The number of nitro benzene ring substituents is 1. The number of methoxy groups -OCH3 is 1. The van der Waals surface area contributed by atoms with Gasteiger partial charge in [-0.15, -0.1) is 10.2 Å². The Balaban J connectivity index is 1.67. The monoisotopic (exact) mass is 422 g/mol. The van der Waals surface area contributed by atoms with Crippen molar-refractivity contribution < 1.29 is 14.1 Å². The van der Waals surface area contributed by atoms with Gasteiger partial charge in [0, 0.05) is 22.9 Å². The van der Waals surface area contributed by atoms with Crippen LogP contribution in [0.15, 0.2) is 76.5 Å². The van der Waals surface area contributed by atoms with E-state index in [4.69, 9.17) is 9.15 Å². The lowest BCUT2D eigenvalue weighted by Crippen LogP contribution is -2.04. The van der Waals surface area contributed by atoms with Crippen LogP contribution in [0.4, 0.5) is 5.69 Å². The summed E-state index contributed by atoms with van der Waals surface area (Å²) in [6, 6.07) is 18.0. The number of ether oxygens (including phenoxy) is 1. The molecule has 0 saturated carbocycles. The molecule has 0 aliphatic carbocycles. The first kappa shape index (κ1) is 19.7. The van der Waals surface area contributed by atoms with Gasteiger partial charge in [0.25, 0.3) is 5.69 Å². The molecule has 9 heteroatoms. The van der Waals surface area contributed by atoms with Crippen molar-refractivity contribution in [3.63, 3.8) is 0 Å². The van der Waals surface area contributed by atoms with Gasteiger partial charge >= 0.3 is 0 Å². The molecule has 0 bridgehead atoms. The third-order valence-corrected chi connectivity index (χ3v) is 5.50. The van der Waals surface area contributed by atoms with Crippen molar-refractivity contribution in [3.05, 3.63) is 88.4 Å². The number of aromatic nitrogens is 3. The molecule has 8 nitrogen and oxygen atoms in total. The van der Waals surface area contributed by atoms with E-state index in [1.165, 1.54) is 17.8 Å². The predicted molar refractivity (Wildman–Crippen MR) is 112 cm³/mol. The summed E-state index contributed by atoms with van der Waals surface area (Å²) >= 11 is 1.39. The molecular weight excluding hydrogens is 404 g/mol. The van der Waals surface area contributed by atoms with Gasteiger partial charge in [0.05, 0.1) is 24.8 Å². The topological polar surface area (TPSA) is 96.2 Å². The van der Waals surface area contributed by atoms with Crippen LogP contribution in [0.3, 0.4) is 0 Å². The number of rotatable bonds is 8. The van der Waals surface area contributed by atoms with Gasteiger partial charge in [0.1, 0.15) is 11.5 Å². The molecule has 30 heavy (non-hydrogen) atoms. The van der Waals surface area contributed by atoms with Crippen LogP contribution in [-0.2, 0) is 12.3 Å². The summed E-state index contributed by atoms with van der Waals surface area (Å²) in [6.07, 6.45) is 1.62. The summed E-state index contributed by atoms with van der Waals surface area (Å²) in [5, 5.41) is 20.7. The van der Waals surface area contributed by atoms with Crippen molar-refractivity contribution in [2.45, 2.75) is 17.5 Å². The van der Waals surface area contributed by atoms with Crippen LogP contribution >= 0.6 is 11.8 Å². The molecule has 0 amide bonds. The largest absolute Gasteiger partial charge is 0.497 e. The zero-order valence-electron chi connectivity index (χ0n) is 16.1. The van der Waals surface area contributed by atoms with Gasteiger partial charge in [0.15, 0.2) is 11.0 Å². The quantitative estimate of drug-likeness (QED) is 0.229. The van der Waals surface area contributed by atoms with Gasteiger partial charge in [-0.05, 0) is 24.3 Å². The lowest BCUT2D eigenvalue weighted by atomic mass is 10.2. The average molecular weight is 422 g/mol. The predicted octanol–water partition coefficient (Wildman–Crippen LogP) is 4.80. The average Bonchev–Trinajstić information content (AvgIpc) is 3.43. The Bertz CT molecular complexity index is 1160. The second-order valence-corrected chi connectivity index (χ2v) is 7.32. The summed E-state index contributed by atoms with van der Waals surface area (Å²) in [5.41, 5.74) is 1.57. The van der Waals surface area contributed by atoms with Gasteiger partial charge in [0.2, 0.25) is 0 Å². The Morgan fingerprint density at radius 3 is 2.77 bits per heavy atom. The summed E-state index contributed by atoms with van der Waals surface area (Å²) in [6.45, 7) is 0.436. The van der Waals surface area contributed by atoms with E-state index < -0.39 is 0 Å². The van der Waals surface area contributed by atoms with Crippen molar-refractivity contribution >= 4 is 17.4 Å². The Morgan fingerprint density at radius 1 is 1.13 bits per heavy atom. The van der Waals surface area contributed by atoms with Crippen LogP contribution < -0.4 is 4.74 Å². The first-order valence-electron chi connectivity index (χ1n) is 9.11. The molecule has 152 valence electrons. The fourth-order valence-corrected chi connectivity index (χ4v) is 3.96. The van der Waals surface area contributed by atoms with Gasteiger partial charge < -0.3 is 9.15 Å². The molecular formula is C21H18N4O4S. The standard InChI is InChI=1S/C21H18N4O4S/c1-28-17-8-4-7-15(12-17)20-22-23-21(24(20)13-18-9-5-11-29-18)30-14-16-6-2-3-10-19(16)25(26)27/h2-12H,13-14H2,1H3. The van der Waals surface area contributed by atoms with E-state index in [1.54, 1.807) is 31.6 Å². The van der Waals surface area contributed by atoms with Crippen molar-refractivity contribution in [2.24, 2.45) is 0 Å². The van der Waals surface area contributed by atoms with Crippen LogP contribution in [0.2, 0.25) is 0 Å². The Kier molecular flexibility index (Phi) is 5.80. The third-order valence-electron chi connectivity index (χ3n) is 4.48. The molecule has 4 rings (SSSR count). The second-order valence-electron chi connectivity index (χ2n) is 6.38.